The van der Waals surface area contributed by atoms with Gasteiger partial charge in [0.05, 0.1) is 9.92 Å². The highest BCUT2D eigenvalue weighted by molar-refractivity contribution is 8.00. The van der Waals surface area contributed by atoms with Gasteiger partial charge in [0.1, 0.15) is 5.82 Å². The van der Waals surface area contributed by atoms with Gasteiger partial charge in [0.15, 0.2) is 0 Å². The van der Waals surface area contributed by atoms with E-state index in [1.54, 1.807) is 18.5 Å². The van der Waals surface area contributed by atoms with Crippen LogP contribution in [0.15, 0.2) is 47.9 Å². The fraction of sp³-hybridized carbons (Fsp3) is 0.360. The van der Waals surface area contributed by atoms with Crippen molar-refractivity contribution in [1.29, 1.82) is 0 Å². The lowest BCUT2D eigenvalue weighted by molar-refractivity contribution is 0.461. The van der Waals surface area contributed by atoms with Crippen LogP contribution in [0.4, 0.5) is 11.8 Å². The van der Waals surface area contributed by atoms with E-state index < -0.39 is 0 Å². The van der Waals surface area contributed by atoms with E-state index in [4.69, 9.17) is 11.6 Å². The molecule has 1 aliphatic carbocycles. The molecule has 1 saturated carbocycles. The van der Waals surface area contributed by atoms with Crippen molar-refractivity contribution in [3.05, 3.63) is 64.8 Å². The number of hydrogen-bond donors (Lipinski definition) is 3. The quantitative estimate of drug-likeness (QED) is 0.337. The SMILES string of the molecule is CNC.Cc1nc(NSc2cnccc2Cl)ccc1/C=C/c1cnc(NC2CCCCC2)nc1. The second-order valence-corrected chi connectivity index (χ2v) is 9.29. The van der Waals surface area contributed by atoms with Crippen LogP contribution in [-0.2, 0) is 0 Å². The molecule has 1 fully saturated rings. The number of halogens is 1. The summed E-state index contributed by atoms with van der Waals surface area (Å²) in [6, 6.07) is 6.24. The van der Waals surface area contributed by atoms with Crippen molar-refractivity contribution in [1.82, 2.24) is 25.3 Å². The van der Waals surface area contributed by atoms with Gasteiger partial charge in [-0.15, -0.1) is 0 Å². The molecule has 7 nitrogen and oxygen atoms in total. The van der Waals surface area contributed by atoms with E-state index in [-0.39, 0.29) is 0 Å². The number of hydrogen-bond acceptors (Lipinski definition) is 8. The van der Waals surface area contributed by atoms with Crippen molar-refractivity contribution in [2.75, 3.05) is 24.1 Å². The molecule has 34 heavy (non-hydrogen) atoms. The molecular formula is C25H32ClN7S. The van der Waals surface area contributed by atoms with Gasteiger partial charge in [0.25, 0.3) is 0 Å². The van der Waals surface area contributed by atoms with Crippen molar-refractivity contribution in [2.45, 2.75) is 50.0 Å². The third kappa shape index (κ3) is 8.27. The van der Waals surface area contributed by atoms with Crippen LogP contribution in [0.25, 0.3) is 12.2 Å². The standard InChI is InChI=1S/C23H25ClN6S.C2H7N/c1-16-18(9-10-22(28-16)30-31-21-15-25-12-11-20(21)24)8-7-17-13-26-23(27-14-17)29-19-5-3-2-4-6-19;1-3-2/h7-15,19H,2-6H2,1H3,(H,28,30)(H,26,27,29);3H,1-2H3/b8-7+;. The van der Waals surface area contributed by atoms with Gasteiger partial charge in [0.2, 0.25) is 5.95 Å². The summed E-state index contributed by atoms with van der Waals surface area (Å²) >= 11 is 7.55. The van der Waals surface area contributed by atoms with Crippen LogP contribution in [0.5, 0.6) is 0 Å². The van der Waals surface area contributed by atoms with Gasteiger partial charge < -0.3 is 15.4 Å². The summed E-state index contributed by atoms with van der Waals surface area (Å²) in [6.45, 7) is 1.99. The van der Waals surface area contributed by atoms with E-state index in [0.29, 0.717) is 17.0 Å². The highest BCUT2D eigenvalue weighted by Gasteiger charge is 2.13. The highest BCUT2D eigenvalue weighted by Crippen LogP contribution is 2.27. The molecule has 4 rings (SSSR count). The summed E-state index contributed by atoms with van der Waals surface area (Å²) in [5.74, 6) is 1.48. The fourth-order valence-electron chi connectivity index (χ4n) is 3.46. The molecule has 0 radical (unpaired) electrons. The van der Waals surface area contributed by atoms with Crippen LogP contribution in [0, 0.1) is 6.92 Å². The van der Waals surface area contributed by atoms with E-state index >= 15 is 0 Å². The minimum absolute atomic E-state index is 0.503. The Hall–Kier alpha value is -2.68. The Balaban J connectivity index is 0.00000103. The van der Waals surface area contributed by atoms with E-state index in [1.165, 1.54) is 44.1 Å². The Labute approximate surface area is 211 Å². The average molecular weight is 498 g/mol. The van der Waals surface area contributed by atoms with Crippen molar-refractivity contribution in [3.63, 3.8) is 0 Å². The van der Waals surface area contributed by atoms with Gasteiger partial charge in [-0.1, -0.05) is 43.0 Å². The largest absolute Gasteiger partial charge is 0.351 e. The molecule has 1 aliphatic rings. The van der Waals surface area contributed by atoms with E-state index in [1.807, 2.05) is 57.7 Å². The molecule has 3 heterocycles. The molecule has 0 aliphatic heterocycles. The zero-order chi connectivity index (χ0) is 24.2. The number of pyridine rings is 2. The van der Waals surface area contributed by atoms with Gasteiger partial charge in [-0.05, 0) is 69.6 Å². The van der Waals surface area contributed by atoms with Gasteiger partial charge in [-0.3, -0.25) is 4.98 Å². The van der Waals surface area contributed by atoms with Gasteiger partial charge in [0, 0.05) is 42.1 Å². The number of aryl methyl sites for hydroxylation is 1. The van der Waals surface area contributed by atoms with Crippen LogP contribution in [0.2, 0.25) is 5.02 Å². The molecule has 3 aromatic heterocycles. The van der Waals surface area contributed by atoms with Crippen LogP contribution in [0.3, 0.4) is 0 Å². The Morgan fingerprint density at radius 2 is 1.74 bits per heavy atom. The Bertz CT molecular complexity index is 1050. The van der Waals surface area contributed by atoms with Crippen molar-refractivity contribution >= 4 is 47.5 Å². The zero-order valence-corrected chi connectivity index (χ0v) is 21.5. The first-order chi connectivity index (χ1) is 16.6. The first-order valence-electron chi connectivity index (χ1n) is 11.4. The minimum atomic E-state index is 0.503. The van der Waals surface area contributed by atoms with Crippen LogP contribution < -0.4 is 15.4 Å². The molecule has 0 aromatic carbocycles. The average Bonchev–Trinajstić information content (AvgIpc) is 2.85. The maximum atomic E-state index is 6.16. The zero-order valence-electron chi connectivity index (χ0n) is 19.9. The summed E-state index contributed by atoms with van der Waals surface area (Å²) < 4.78 is 3.21. The summed E-state index contributed by atoms with van der Waals surface area (Å²) in [5, 5.41) is 6.86. The summed E-state index contributed by atoms with van der Waals surface area (Å²) in [7, 11) is 3.75. The molecule has 0 unspecified atom stereocenters. The van der Waals surface area contributed by atoms with Gasteiger partial charge >= 0.3 is 0 Å². The Morgan fingerprint density at radius 3 is 2.41 bits per heavy atom. The molecule has 0 saturated heterocycles. The van der Waals surface area contributed by atoms with Crippen molar-refractivity contribution < 1.29 is 0 Å². The maximum absolute atomic E-state index is 6.16. The lowest BCUT2D eigenvalue weighted by atomic mass is 9.96. The third-order valence-corrected chi connectivity index (χ3v) is 6.49. The molecule has 9 heteroatoms. The van der Waals surface area contributed by atoms with Crippen molar-refractivity contribution in [2.24, 2.45) is 0 Å². The molecule has 3 N–H and O–H groups in total. The normalized spacial score (nSPS) is 13.9. The Morgan fingerprint density at radius 1 is 1.00 bits per heavy atom. The van der Waals surface area contributed by atoms with Gasteiger partial charge in [-0.2, -0.15) is 0 Å². The summed E-state index contributed by atoms with van der Waals surface area (Å²) in [5.41, 5.74) is 2.92. The minimum Gasteiger partial charge on any atom is -0.351 e. The Kier molecular flexibility index (Phi) is 10.6. The monoisotopic (exact) mass is 497 g/mol. The van der Waals surface area contributed by atoms with Crippen LogP contribution in [-0.4, -0.2) is 40.1 Å². The van der Waals surface area contributed by atoms with E-state index in [9.17, 15) is 0 Å². The van der Waals surface area contributed by atoms with E-state index in [2.05, 4.69) is 35.3 Å². The second kappa shape index (κ2) is 13.9. The number of nitrogens with zero attached hydrogens (tertiary/aromatic N) is 4. The lowest BCUT2D eigenvalue weighted by Crippen LogP contribution is -2.23. The highest BCUT2D eigenvalue weighted by atomic mass is 35.5. The molecular weight excluding hydrogens is 466 g/mol. The van der Waals surface area contributed by atoms with Crippen LogP contribution >= 0.6 is 23.5 Å². The first kappa shape index (κ1) is 25.9. The first-order valence-corrected chi connectivity index (χ1v) is 12.6. The molecule has 0 amide bonds. The predicted molar refractivity (Wildman–Crippen MR) is 144 cm³/mol. The van der Waals surface area contributed by atoms with Crippen molar-refractivity contribution in [3.8, 4) is 0 Å². The predicted octanol–water partition coefficient (Wildman–Crippen LogP) is 6.10. The molecule has 0 spiro atoms. The van der Waals surface area contributed by atoms with Crippen LogP contribution in [0.1, 0.15) is 48.9 Å². The number of aromatic nitrogens is 4. The topological polar surface area (TPSA) is 87.7 Å². The fourth-order valence-corrected chi connectivity index (χ4v) is 4.29. The smallest absolute Gasteiger partial charge is 0.222 e. The lowest BCUT2D eigenvalue weighted by Gasteiger charge is -2.22. The summed E-state index contributed by atoms with van der Waals surface area (Å²) in [6.07, 6.45) is 17.5. The molecule has 3 aromatic rings. The number of nitrogens with one attached hydrogen (secondary N) is 3. The second-order valence-electron chi connectivity index (χ2n) is 8.03. The summed E-state index contributed by atoms with van der Waals surface area (Å²) in [4.78, 5) is 18.5. The van der Waals surface area contributed by atoms with E-state index in [0.717, 1.165) is 27.5 Å². The number of anilines is 2. The van der Waals surface area contributed by atoms with Gasteiger partial charge in [-0.25, -0.2) is 15.0 Å². The molecule has 0 atom stereocenters. The third-order valence-electron chi connectivity index (χ3n) is 5.19. The number of rotatable bonds is 7. The maximum Gasteiger partial charge on any atom is 0.222 e. The molecule has 180 valence electrons. The molecule has 0 bridgehead atoms.